The van der Waals surface area contributed by atoms with E-state index in [0.29, 0.717) is 31.7 Å². The third-order valence-electron chi connectivity index (χ3n) is 5.85. The number of methoxy groups -OCH3 is 1. The molecule has 148 valence electrons. The van der Waals surface area contributed by atoms with Gasteiger partial charge in [0.2, 0.25) is 0 Å². The summed E-state index contributed by atoms with van der Waals surface area (Å²) in [5, 5.41) is 0. The predicted octanol–water partition coefficient (Wildman–Crippen LogP) is 4.56. The molecule has 0 aromatic heterocycles. The van der Waals surface area contributed by atoms with Crippen LogP contribution in [0, 0.1) is 5.89 Å². The first kappa shape index (κ1) is 17.7. The molecule has 28 heavy (non-hydrogen) atoms. The minimum atomic E-state index is -0.956. The number of benzene rings is 2. The summed E-state index contributed by atoms with van der Waals surface area (Å²) in [5.41, 5.74) is 3.46. The number of Topliss-reactive ketones (excluding diaryl/α,β-unsaturated/α-hetero) is 1. The van der Waals surface area contributed by atoms with Crippen LogP contribution in [-0.4, -0.2) is 30.9 Å². The molecule has 1 saturated heterocycles. The minimum Gasteiger partial charge on any atom is -0.493 e. The normalized spacial score (nSPS) is 24.9. The molecule has 2 heterocycles. The van der Waals surface area contributed by atoms with Gasteiger partial charge in [-0.25, -0.2) is 0 Å². The Bertz CT molecular complexity index is 885. The van der Waals surface area contributed by atoms with Crippen molar-refractivity contribution in [2.75, 3.05) is 20.2 Å². The highest BCUT2D eigenvalue weighted by molar-refractivity contribution is 5.83. The number of nitrogens with zero attached hydrogens (tertiary/aromatic N) is 1. The van der Waals surface area contributed by atoms with E-state index in [9.17, 15) is 4.79 Å². The van der Waals surface area contributed by atoms with Gasteiger partial charge in [0.25, 0.3) is 0 Å². The number of ketones is 1. The van der Waals surface area contributed by atoms with Crippen LogP contribution in [0.1, 0.15) is 50.3 Å². The predicted molar refractivity (Wildman–Crippen MR) is 110 cm³/mol. The fourth-order valence-corrected chi connectivity index (χ4v) is 4.37. The zero-order valence-corrected chi connectivity index (χ0v) is 16.7. The van der Waals surface area contributed by atoms with E-state index in [4.69, 9.17) is 10.8 Å². The first-order chi connectivity index (χ1) is 14.0. The zero-order valence-electron chi connectivity index (χ0n) is 17.7. The van der Waals surface area contributed by atoms with Crippen molar-refractivity contribution in [3.8, 4) is 11.5 Å². The number of rotatable bonds is 6. The molecule has 0 amide bonds. The molecule has 2 aromatic rings. The molecule has 0 radical (unpaired) electrons. The summed E-state index contributed by atoms with van der Waals surface area (Å²) in [7, 11) is 1.66. The third kappa shape index (κ3) is 3.79. The molecule has 1 fully saturated rings. The molecule has 0 aliphatic carbocycles. The summed E-state index contributed by atoms with van der Waals surface area (Å²) in [6.07, 6.45) is 2.80. The summed E-state index contributed by atoms with van der Waals surface area (Å²) in [6.45, 7) is 3.91. The van der Waals surface area contributed by atoms with Gasteiger partial charge in [0.1, 0.15) is 12.4 Å². The first-order valence-corrected chi connectivity index (χ1v) is 10.2. The fourth-order valence-electron chi connectivity index (χ4n) is 4.37. The first-order valence-electron chi connectivity index (χ1n) is 10.7. The average Bonchev–Trinajstić information content (AvgIpc) is 2.73. The van der Waals surface area contributed by atoms with E-state index in [1.165, 1.54) is 5.56 Å². The van der Waals surface area contributed by atoms with Gasteiger partial charge in [-0.05, 0) is 41.7 Å². The number of carbonyl (C=O) groups is 1. The van der Waals surface area contributed by atoms with Gasteiger partial charge < -0.3 is 9.47 Å². The lowest BCUT2D eigenvalue weighted by molar-refractivity contribution is -0.129. The second-order valence-electron chi connectivity index (χ2n) is 7.69. The van der Waals surface area contributed by atoms with Crippen molar-refractivity contribution in [3.05, 3.63) is 59.2 Å². The Morgan fingerprint density at radius 3 is 2.79 bits per heavy atom. The van der Waals surface area contributed by atoms with Gasteiger partial charge in [-0.1, -0.05) is 43.7 Å². The number of fused-ring (bicyclic) bond motifs is 3. The van der Waals surface area contributed by atoms with Crippen molar-refractivity contribution in [3.63, 3.8) is 0 Å². The highest BCUT2D eigenvalue weighted by atomic mass is 16.5. The Hall–Kier alpha value is -2.33. The quantitative estimate of drug-likeness (QED) is 0.736. The monoisotopic (exact) mass is 380 g/mol. The number of ether oxygens (including phenoxy) is 2. The van der Waals surface area contributed by atoms with Crippen LogP contribution < -0.4 is 9.47 Å². The second-order valence-corrected chi connectivity index (χ2v) is 7.69. The molecule has 4 heteroatoms. The highest BCUT2D eigenvalue weighted by Crippen LogP contribution is 2.42. The van der Waals surface area contributed by atoms with Gasteiger partial charge in [-0.3, -0.25) is 9.69 Å². The fraction of sp³-hybridized carbons (Fsp3) is 0.458. The maximum atomic E-state index is 12.8. The molecule has 0 bridgehead atoms. The molecule has 0 spiro atoms. The van der Waals surface area contributed by atoms with Crippen molar-refractivity contribution in [2.45, 2.75) is 45.3 Å². The summed E-state index contributed by atoms with van der Waals surface area (Å²) in [5.74, 6) is 0.551. The van der Waals surface area contributed by atoms with Crippen LogP contribution in [0.3, 0.4) is 0 Å². The van der Waals surface area contributed by atoms with Crippen LogP contribution in [0.4, 0.5) is 0 Å². The van der Waals surface area contributed by atoms with Gasteiger partial charge in [0.05, 0.1) is 7.11 Å². The molecule has 2 aliphatic heterocycles. The molecule has 0 unspecified atom stereocenters. The zero-order chi connectivity index (χ0) is 20.4. The van der Waals surface area contributed by atoms with E-state index in [1.807, 2.05) is 37.3 Å². The van der Waals surface area contributed by atoms with Crippen LogP contribution in [-0.2, 0) is 17.8 Å². The Kier molecular flexibility index (Phi) is 5.30. The lowest BCUT2D eigenvalue weighted by atomic mass is 9.81. The molecule has 4 nitrogen and oxygen atoms in total. The molecule has 2 aromatic carbocycles. The Morgan fingerprint density at radius 2 is 2.04 bits per heavy atom. The molecule has 2 aliphatic rings. The number of carbonyl (C=O) groups excluding carboxylic acids is 1. The third-order valence-corrected chi connectivity index (χ3v) is 5.85. The van der Waals surface area contributed by atoms with Crippen LogP contribution in [0.5, 0.6) is 11.5 Å². The molecule has 2 atom stereocenters. The number of piperidine rings is 1. The van der Waals surface area contributed by atoms with E-state index in [2.05, 4.69) is 17.0 Å². The van der Waals surface area contributed by atoms with Gasteiger partial charge in [0, 0.05) is 32.8 Å². The maximum Gasteiger partial charge on any atom is 0.162 e. The van der Waals surface area contributed by atoms with Crippen LogP contribution in [0.25, 0.3) is 0 Å². The number of hydrogen-bond donors (Lipinski definition) is 0. The van der Waals surface area contributed by atoms with Gasteiger partial charge in [-0.15, -0.1) is 0 Å². The lowest BCUT2D eigenvalue weighted by Gasteiger charge is -2.43. The van der Waals surface area contributed by atoms with E-state index in [-0.39, 0.29) is 11.8 Å². The van der Waals surface area contributed by atoms with E-state index in [0.717, 1.165) is 36.3 Å². The summed E-state index contributed by atoms with van der Waals surface area (Å²) in [6, 6.07) is 14.2. The molecular weight excluding hydrogens is 350 g/mol. The topological polar surface area (TPSA) is 38.8 Å². The van der Waals surface area contributed by atoms with Crippen LogP contribution in [0.15, 0.2) is 42.5 Å². The van der Waals surface area contributed by atoms with Crippen molar-refractivity contribution in [1.29, 1.82) is 0 Å². The van der Waals surface area contributed by atoms with E-state index >= 15 is 0 Å². The minimum absolute atomic E-state index is 0.0339. The van der Waals surface area contributed by atoms with Crippen molar-refractivity contribution in [2.24, 2.45) is 5.89 Å². The average molecular weight is 381 g/mol. The van der Waals surface area contributed by atoms with Crippen molar-refractivity contribution >= 4 is 5.78 Å². The van der Waals surface area contributed by atoms with Crippen molar-refractivity contribution in [1.82, 2.24) is 4.90 Å². The summed E-state index contributed by atoms with van der Waals surface area (Å²) >= 11 is 0. The van der Waals surface area contributed by atoms with Gasteiger partial charge in [-0.2, -0.15) is 0 Å². The molecule has 0 N–H and O–H groups in total. The molecule has 4 rings (SSSR count). The maximum absolute atomic E-state index is 12.8. The Morgan fingerprint density at radius 1 is 1.21 bits per heavy atom. The standard InChI is InChI=1S/C24H29NO3/c1-3-7-19-15-25-11-10-18-12-23(27-2)24(13-20(18)21(25)14-22(19)26)28-16-17-8-5-4-6-9-17/h4-6,8-9,12-13,19,21H,3,7,10-11,14-16H2,1-2H3/t19-,21-/m1/s1/i19D. The van der Waals surface area contributed by atoms with Gasteiger partial charge >= 0.3 is 0 Å². The number of hydrogen-bond acceptors (Lipinski definition) is 4. The molecular formula is C24H29NO3. The van der Waals surface area contributed by atoms with Crippen LogP contribution in [0.2, 0.25) is 0 Å². The van der Waals surface area contributed by atoms with Crippen molar-refractivity contribution < 1.29 is 15.6 Å². The van der Waals surface area contributed by atoms with E-state index < -0.39 is 5.89 Å². The Balaban J connectivity index is 1.61. The van der Waals surface area contributed by atoms with Crippen LogP contribution >= 0.6 is 0 Å². The molecule has 0 saturated carbocycles. The van der Waals surface area contributed by atoms with E-state index in [1.54, 1.807) is 7.11 Å². The SMILES string of the molecule is [2H][C@@]1(CCC)CN2CCc3cc(OC)c(OCc4ccccc4)cc3[C@H]2CC1=O. The Labute approximate surface area is 168 Å². The summed E-state index contributed by atoms with van der Waals surface area (Å²) in [4.78, 5) is 15.1. The van der Waals surface area contributed by atoms with Gasteiger partial charge in [0.15, 0.2) is 11.5 Å². The second kappa shape index (κ2) is 8.36. The summed E-state index contributed by atoms with van der Waals surface area (Å²) < 4.78 is 20.4. The lowest BCUT2D eigenvalue weighted by Crippen LogP contribution is -2.46. The highest BCUT2D eigenvalue weighted by Gasteiger charge is 2.38. The smallest absolute Gasteiger partial charge is 0.162 e. The largest absolute Gasteiger partial charge is 0.493 e.